The predicted molar refractivity (Wildman–Crippen MR) is 64.5 cm³/mol. The zero-order chi connectivity index (χ0) is 13.4. The summed E-state index contributed by atoms with van der Waals surface area (Å²) in [5, 5.41) is 0. The summed E-state index contributed by atoms with van der Waals surface area (Å²) in [7, 11) is -8.59. The molecule has 2 unspecified atom stereocenters. The Bertz CT molecular complexity index is 559. The molecule has 0 radical (unpaired) electrons. The minimum absolute atomic E-state index is 0.824. The number of alkyl halides is 1. The molecule has 0 saturated carbocycles. The Kier molecular flexibility index (Phi) is 3.49. The summed E-state index contributed by atoms with van der Waals surface area (Å²) in [4.78, 5) is 25.0. The SMILES string of the molecule is O=P(O)(C(Cl)P(=O)(O)n1ccnc1)n1ccnc1. The van der Waals surface area contributed by atoms with E-state index in [-0.39, 0.29) is 0 Å². The van der Waals surface area contributed by atoms with E-state index >= 15 is 0 Å². The topological polar surface area (TPSA) is 110 Å². The Morgan fingerprint density at radius 3 is 1.67 bits per heavy atom. The van der Waals surface area contributed by atoms with Crippen molar-refractivity contribution in [3.63, 3.8) is 0 Å². The molecule has 2 N–H and O–H groups in total. The first-order valence-corrected chi connectivity index (χ1v) is 8.43. The summed E-state index contributed by atoms with van der Waals surface area (Å²) in [6.45, 7) is 0. The van der Waals surface area contributed by atoms with Crippen molar-refractivity contribution in [2.24, 2.45) is 0 Å². The summed E-state index contributed by atoms with van der Waals surface area (Å²) < 4.78 is 25.8. The molecule has 0 amide bonds. The lowest BCUT2D eigenvalue weighted by Gasteiger charge is -2.22. The van der Waals surface area contributed by atoms with Crippen molar-refractivity contribution in [2.45, 2.75) is 4.86 Å². The van der Waals surface area contributed by atoms with Gasteiger partial charge in [0, 0.05) is 24.8 Å². The van der Waals surface area contributed by atoms with E-state index in [1.165, 1.54) is 24.8 Å². The molecule has 2 aromatic heterocycles. The first kappa shape index (κ1) is 13.5. The second-order valence-corrected chi connectivity index (χ2v) is 9.14. The van der Waals surface area contributed by atoms with E-state index in [1.807, 2.05) is 0 Å². The molecule has 0 aromatic carbocycles. The molecule has 18 heavy (non-hydrogen) atoms. The summed E-state index contributed by atoms with van der Waals surface area (Å²) in [6, 6.07) is 0. The van der Waals surface area contributed by atoms with Gasteiger partial charge in [-0.3, -0.25) is 17.8 Å². The Morgan fingerprint density at radius 2 is 1.39 bits per heavy atom. The van der Waals surface area contributed by atoms with Crippen LogP contribution in [0.3, 0.4) is 0 Å². The number of hydrogen-bond donors (Lipinski definition) is 2. The molecule has 0 aliphatic carbocycles. The highest BCUT2D eigenvalue weighted by atomic mass is 35.5. The van der Waals surface area contributed by atoms with E-state index in [0.29, 0.717) is 0 Å². The van der Waals surface area contributed by atoms with Gasteiger partial charge in [-0.05, 0) is 0 Å². The van der Waals surface area contributed by atoms with Crippen molar-refractivity contribution < 1.29 is 18.9 Å². The fourth-order valence-electron chi connectivity index (χ4n) is 1.26. The highest BCUT2D eigenvalue weighted by Crippen LogP contribution is 2.66. The zero-order valence-electron chi connectivity index (χ0n) is 8.81. The fraction of sp³-hybridized carbons (Fsp3) is 0.143. The number of aromatic nitrogens is 4. The van der Waals surface area contributed by atoms with E-state index in [9.17, 15) is 18.9 Å². The first-order valence-electron chi connectivity index (χ1n) is 4.63. The lowest BCUT2D eigenvalue weighted by molar-refractivity contribution is 0.449. The smallest absolute Gasteiger partial charge is 0.327 e. The van der Waals surface area contributed by atoms with Gasteiger partial charge in [0.05, 0.1) is 0 Å². The van der Waals surface area contributed by atoms with Crippen molar-refractivity contribution in [1.29, 1.82) is 0 Å². The Balaban J connectivity index is 2.41. The van der Waals surface area contributed by atoms with Crippen LogP contribution in [-0.4, -0.2) is 33.3 Å². The van der Waals surface area contributed by atoms with Gasteiger partial charge in [-0.25, -0.2) is 9.97 Å². The number of hydrogen-bond acceptors (Lipinski definition) is 4. The number of imidazole rings is 2. The van der Waals surface area contributed by atoms with E-state index < -0.39 is 19.9 Å². The Morgan fingerprint density at radius 1 is 1.00 bits per heavy atom. The highest BCUT2D eigenvalue weighted by molar-refractivity contribution is 7.77. The third-order valence-electron chi connectivity index (χ3n) is 2.20. The Labute approximate surface area is 107 Å². The maximum Gasteiger partial charge on any atom is 0.327 e. The van der Waals surface area contributed by atoms with Crippen LogP contribution in [0.4, 0.5) is 0 Å². The highest BCUT2D eigenvalue weighted by Gasteiger charge is 2.46. The third kappa shape index (κ3) is 2.18. The number of halogens is 1. The van der Waals surface area contributed by atoms with Crippen LogP contribution in [0.15, 0.2) is 37.4 Å². The zero-order valence-corrected chi connectivity index (χ0v) is 11.4. The van der Waals surface area contributed by atoms with Crippen LogP contribution in [-0.2, 0) is 9.13 Å². The molecule has 98 valence electrons. The van der Waals surface area contributed by atoms with Crippen LogP contribution in [0.1, 0.15) is 0 Å². The van der Waals surface area contributed by atoms with Crippen LogP contribution in [0, 0.1) is 0 Å². The molecule has 2 heterocycles. The van der Waals surface area contributed by atoms with E-state index in [1.54, 1.807) is 0 Å². The summed E-state index contributed by atoms with van der Waals surface area (Å²) in [5.74, 6) is 0. The molecular weight excluding hydrogens is 302 g/mol. The lowest BCUT2D eigenvalue weighted by Crippen LogP contribution is -2.11. The monoisotopic (exact) mass is 310 g/mol. The molecular formula is C7H9ClN4O4P2. The van der Waals surface area contributed by atoms with Crippen molar-refractivity contribution in [3.05, 3.63) is 37.4 Å². The van der Waals surface area contributed by atoms with E-state index in [4.69, 9.17) is 11.6 Å². The number of rotatable bonds is 4. The average molecular weight is 311 g/mol. The maximum absolute atomic E-state index is 12.1. The van der Waals surface area contributed by atoms with E-state index in [0.717, 1.165) is 21.3 Å². The molecule has 0 aliphatic rings. The molecule has 2 aromatic rings. The van der Waals surface area contributed by atoms with Crippen LogP contribution in [0.2, 0.25) is 0 Å². The lowest BCUT2D eigenvalue weighted by atomic mass is 11.0. The van der Waals surface area contributed by atoms with Crippen molar-refractivity contribution in [2.75, 3.05) is 0 Å². The fourth-order valence-corrected chi connectivity index (χ4v) is 5.50. The minimum atomic E-state index is -4.29. The van der Waals surface area contributed by atoms with Crippen LogP contribution >= 0.6 is 26.6 Å². The first-order chi connectivity index (χ1) is 8.37. The molecule has 2 rings (SSSR count). The van der Waals surface area contributed by atoms with Crippen molar-refractivity contribution in [1.82, 2.24) is 18.6 Å². The summed E-state index contributed by atoms with van der Waals surface area (Å²) in [6.07, 6.45) is 7.06. The van der Waals surface area contributed by atoms with Crippen molar-refractivity contribution in [3.8, 4) is 0 Å². The molecule has 2 atom stereocenters. The molecule has 11 heteroatoms. The predicted octanol–water partition coefficient (Wildman–Crippen LogP) is 1.37. The summed E-state index contributed by atoms with van der Waals surface area (Å²) >= 11 is 5.72. The van der Waals surface area contributed by atoms with E-state index in [2.05, 4.69) is 9.97 Å². The largest absolute Gasteiger partial charge is 0.327 e. The van der Waals surface area contributed by atoms with Crippen LogP contribution in [0.5, 0.6) is 0 Å². The van der Waals surface area contributed by atoms with Gasteiger partial charge in [0.15, 0.2) is 0 Å². The standard InChI is InChI=1S/C7H9ClN4O4P2/c8-7(17(13,14)11-3-1-9-5-11)18(15,16)12-4-2-10-6-12/h1-7H,(H,13,14)(H,15,16). The van der Waals surface area contributed by atoms with Gasteiger partial charge in [0.2, 0.25) is 4.86 Å². The summed E-state index contributed by atoms with van der Waals surface area (Å²) in [5.41, 5.74) is 0. The normalized spacial score (nSPS) is 19.9. The van der Waals surface area contributed by atoms with Crippen LogP contribution < -0.4 is 0 Å². The van der Waals surface area contributed by atoms with Gasteiger partial charge in [-0.1, -0.05) is 11.6 Å². The van der Waals surface area contributed by atoms with Crippen molar-refractivity contribution >= 4 is 26.6 Å². The van der Waals surface area contributed by atoms with Gasteiger partial charge in [-0.15, -0.1) is 0 Å². The van der Waals surface area contributed by atoms with Gasteiger partial charge >= 0.3 is 15.0 Å². The third-order valence-corrected chi connectivity index (χ3v) is 8.44. The molecule has 0 bridgehead atoms. The molecule has 0 saturated heterocycles. The van der Waals surface area contributed by atoms with Gasteiger partial charge < -0.3 is 9.79 Å². The quantitative estimate of drug-likeness (QED) is 0.652. The van der Waals surface area contributed by atoms with Gasteiger partial charge in [0.25, 0.3) is 0 Å². The maximum atomic E-state index is 12.1. The Hall–Kier alpha value is -0.910. The van der Waals surface area contributed by atoms with Crippen LogP contribution in [0.25, 0.3) is 0 Å². The molecule has 8 nitrogen and oxygen atoms in total. The average Bonchev–Trinajstić information content (AvgIpc) is 3.00. The molecule has 0 spiro atoms. The number of nitrogens with zero attached hydrogens (tertiary/aromatic N) is 4. The minimum Gasteiger partial charge on any atom is -0.327 e. The second kappa shape index (κ2) is 4.64. The van der Waals surface area contributed by atoms with Gasteiger partial charge in [0.1, 0.15) is 12.7 Å². The second-order valence-electron chi connectivity index (χ2n) is 3.37. The van der Waals surface area contributed by atoms with Gasteiger partial charge in [-0.2, -0.15) is 0 Å². The molecule has 0 fully saturated rings. The molecule has 0 aliphatic heterocycles.